The smallest absolute Gasteiger partial charge is 0.354 e. The van der Waals surface area contributed by atoms with Crippen LogP contribution in [0.25, 0.3) is 0 Å². The Balaban J connectivity index is 2.45. The van der Waals surface area contributed by atoms with Gasteiger partial charge in [0.1, 0.15) is 0 Å². The Morgan fingerprint density at radius 2 is 2.19 bits per heavy atom. The summed E-state index contributed by atoms with van der Waals surface area (Å²) < 4.78 is 1.62. The van der Waals surface area contributed by atoms with Crippen LogP contribution < -0.4 is 0 Å². The molecule has 0 amide bonds. The molecule has 2 rings (SSSR count). The van der Waals surface area contributed by atoms with Crippen molar-refractivity contribution in [2.24, 2.45) is 0 Å². The molecule has 16 heavy (non-hydrogen) atoms. The van der Waals surface area contributed by atoms with Crippen molar-refractivity contribution in [2.45, 2.75) is 39.9 Å². The summed E-state index contributed by atoms with van der Waals surface area (Å²) in [5.74, 6) is -0.875. The van der Waals surface area contributed by atoms with Crippen molar-refractivity contribution in [3.63, 3.8) is 0 Å². The molecule has 2 heterocycles. The van der Waals surface area contributed by atoms with Crippen molar-refractivity contribution >= 4 is 5.97 Å². The number of rotatable bonds is 3. The Hall–Kier alpha value is -1.36. The van der Waals surface area contributed by atoms with Gasteiger partial charge in [-0.25, -0.2) is 4.79 Å². The van der Waals surface area contributed by atoms with E-state index in [0.29, 0.717) is 12.2 Å². The first kappa shape index (κ1) is 11.1. The summed E-state index contributed by atoms with van der Waals surface area (Å²) in [6.45, 7) is 8.38. The fourth-order valence-electron chi connectivity index (χ4n) is 2.12. The van der Waals surface area contributed by atoms with E-state index < -0.39 is 5.97 Å². The molecule has 1 N–H and O–H groups in total. The Bertz CT molecular complexity index is 423. The van der Waals surface area contributed by atoms with E-state index in [1.807, 2.05) is 13.8 Å². The van der Waals surface area contributed by atoms with E-state index in [-0.39, 0.29) is 6.04 Å². The third-order valence-electron chi connectivity index (χ3n) is 2.99. The summed E-state index contributed by atoms with van der Waals surface area (Å²) in [6, 6.07) is 0.0896. The highest BCUT2D eigenvalue weighted by Crippen LogP contribution is 2.27. The SMILES string of the molecule is CCN1Cc2nn(C(C)C)c(C(=O)O)c2C1. The number of aromatic nitrogens is 2. The van der Waals surface area contributed by atoms with Crippen molar-refractivity contribution < 1.29 is 9.90 Å². The van der Waals surface area contributed by atoms with Crippen molar-refractivity contribution in [3.05, 3.63) is 17.0 Å². The molecule has 0 fully saturated rings. The van der Waals surface area contributed by atoms with Crippen LogP contribution in [0.5, 0.6) is 0 Å². The van der Waals surface area contributed by atoms with E-state index in [9.17, 15) is 9.90 Å². The van der Waals surface area contributed by atoms with Crippen LogP contribution >= 0.6 is 0 Å². The van der Waals surface area contributed by atoms with Gasteiger partial charge in [0.15, 0.2) is 5.69 Å². The van der Waals surface area contributed by atoms with Crippen LogP contribution in [-0.4, -0.2) is 32.3 Å². The Kier molecular flexibility index (Phi) is 2.71. The molecule has 0 saturated heterocycles. The minimum absolute atomic E-state index is 0.0896. The van der Waals surface area contributed by atoms with Gasteiger partial charge in [0.2, 0.25) is 0 Å². The number of carbonyl (C=O) groups is 1. The second-order valence-electron chi connectivity index (χ2n) is 4.42. The van der Waals surface area contributed by atoms with Gasteiger partial charge in [0, 0.05) is 24.7 Å². The summed E-state index contributed by atoms with van der Waals surface area (Å²) in [7, 11) is 0. The summed E-state index contributed by atoms with van der Waals surface area (Å²) in [4.78, 5) is 13.5. The van der Waals surface area contributed by atoms with E-state index in [0.717, 1.165) is 24.3 Å². The van der Waals surface area contributed by atoms with Gasteiger partial charge >= 0.3 is 5.97 Å². The summed E-state index contributed by atoms with van der Waals surface area (Å²) in [5, 5.41) is 13.7. The number of carboxylic acids is 1. The van der Waals surface area contributed by atoms with Crippen LogP contribution in [0.4, 0.5) is 0 Å². The van der Waals surface area contributed by atoms with Crippen LogP contribution in [-0.2, 0) is 13.1 Å². The predicted octanol–water partition coefficient (Wildman–Crippen LogP) is 1.50. The molecule has 0 saturated carbocycles. The molecule has 1 aliphatic rings. The lowest BCUT2D eigenvalue weighted by molar-refractivity contribution is 0.0678. The Labute approximate surface area is 94.7 Å². The molecule has 0 bridgehead atoms. The monoisotopic (exact) mass is 223 g/mol. The zero-order valence-electron chi connectivity index (χ0n) is 9.90. The van der Waals surface area contributed by atoms with Crippen molar-refractivity contribution in [2.75, 3.05) is 6.54 Å². The van der Waals surface area contributed by atoms with Crippen LogP contribution in [0.15, 0.2) is 0 Å². The summed E-state index contributed by atoms with van der Waals surface area (Å²) >= 11 is 0. The van der Waals surface area contributed by atoms with Gasteiger partial charge in [0.05, 0.1) is 5.69 Å². The van der Waals surface area contributed by atoms with E-state index in [1.54, 1.807) is 4.68 Å². The minimum atomic E-state index is -0.875. The second kappa shape index (κ2) is 3.90. The zero-order chi connectivity index (χ0) is 11.9. The van der Waals surface area contributed by atoms with Gasteiger partial charge in [-0.1, -0.05) is 6.92 Å². The van der Waals surface area contributed by atoms with Gasteiger partial charge in [-0.05, 0) is 20.4 Å². The van der Waals surface area contributed by atoms with E-state index in [2.05, 4.69) is 16.9 Å². The molecular formula is C11H17N3O2. The maximum absolute atomic E-state index is 11.3. The molecule has 0 aliphatic carbocycles. The van der Waals surface area contributed by atoms with E-state index >= 15 is 0 Å². The minimum Gasteiger partial charge on any atom is -0.477 e. The molecule has 1 aliphatic heterocycles. The van der Waals surface area contributed by atoms with Crippen molar-refractivity contribution in [3.8, 4) is 0 Å². The Morgan fingerprint density at radius 1 is 1.50 bits per heavy atom. The average Bonchev–Trinajstić information content (AvgIpc) is 2.71. The Morgan fingerprint density at radius 3 is 2.69 bits per heavy atom. The molecule has 0 radical (unpaired) electrons. The van der Waals surface area contributed by atoms with E-state index in [4.69, 9.17) is 0 Å². The topological polar surface area (TPSA) is 58.4 Å². The molecule has 1 aromatic heterocycles. The van der Waals surface area contributed by atoms with Gasteiger partial charge in [-0.3, -0.25) is 9.58 Å². The van der Waals surface area contributed by atoms with Crippen molar-refractivity contribution in [1.82, 2.24) is 14.7 Å². The molecule has 1 aromatic rings. The predicted molar refractivity (Wildman–Crippen MR) is 59.4 cm³/mol. The van der Waals surface area contributed by atoms with Gasteiger partial charge in [-0.15, -0.1) is 0 Å². The van der Waals surface area contributed by atoms with Gasteiger partial charge in [0.25, 0.3) is 0 Å². The fraction of sp³-hybridized carbons (Fsp3) is 0.636. The van der Waals surface area contributed by atoms with Crippen LogP contribution in [0.2, 0.25) is 0 Å². The lowest BCUT2D eigenvalue weighted by atomic mass is 10.2. The fourth-order valence-corrected chi connectivity index (χ4v) is 2.12. The van der Waals surface area contributed by atoms with Crippen LogP contribution in [0.3, 0.4) is 0 Å². The molecule has 5 heteroatoms. The normalized spacial score (nSPS) is 15.8. The van der Waals surface area contributed by atoms with E-state index in [1.165, 1.54) is 0 Å². The van der Waals surface area contributed by atoms with Crippen LogP contribution in [0.1, 0.15) is 48.6 Å². The molecule has 5 nitrogen and oxygen atoms in total. The molecule has 0 atom stereocenters. The first-order valence-corrected chi connectivity index (χ1v) is 5.60. The third kappa shape index (κ3) is 1.61. The second-order valence-corrected chi connectivity index (χ2v) is 4.42. The largest absolute Gasteiger partial charge is 0.477 e. The van der Waals surface area contributed by atoms with Gasteiger partial charge in [-0.2, -0.15) is 5.10 Å². The quantitative estimate of drug-likeness (QED) is 0.843. The summed E-state index contributed by atoms with van der Waals surface area (Å²) in [6.07, 6.45) is 0. The number of hydrogen-bond acceptors (Lipinski definition) is 3. The first-order valence-electron chi connectivity index (χ1n) is 5.60. The third-order valence-corrected chi connectivity index (χ3v) is 2.99. The molecule has 0 spiro atoms. The first-order chi connectivity index (χ1) is 7.54. The highest BCUT2D eigenvalue weighted by atomic mass is 16.4. The van der Waals surface area contributed by atoms with Gasteiger partial charge < -0.3 is 5.11 Å². The highest BCUT2D eigenvalue weighted by molar-refractivity contribution is 5.88. The van der Waals surface area contributed by atoms with Crippen molar-refractivity contribution in [1.29, 1.82) is 0 Å². The number of carboxylic acid groups (broad SMARTS) is 1. The van der Waals surface area contributed by atoms with Crippen LogP contribution in [0, 0.1) is 0 Å². The highest BCUT2D eigenvalue weighted by Gasteiger charge is 2.30. The standard InChI is InChI=1S/C11H17N3O2/c1-4-13-5-8-9(6-13)12-14(7(2)3)10(8)11(15)16/h7H,4-6H2,1-3H3,(H,15,16). The number of hydrogen-bond donors (Lipinski definition) is 1. The summed E-state index contributed by atoms with van der Waals surface area (Å²) in [5.41, 5.74) is 2.18. The molecule has 0 aromatic carbocycles. The molecule has 88 valence electrons. The number of nitrogens with zero attached hydrogens (tertiary/aromatic N) is 3. The lowest BCUT2D eigenvalue weighted by Gasteiger charge is -2.14. The molecular weight excluding hydrogens is 206 g/mol. The number of aromatic carboxylic acids is 1. The zero-order valence-corrected chi connectivity index (χ0v) is 9.90. The molecule has 0 unspecified atom stereocenters. The maximum atomic E-state index is 11.3. The lowest BCUT2D eigenvalue weighted by Crippen LogP contribution is -2.20. The number of fused-ring (bicyclic) bond motifs is 1. The average molecular weight is 223 g/mol. The maximum Gasteiger partial charge on any atom is 0.354 e.